The quantitative estimate of drug-likeness (QED) is 0.642. The Kier molecular flexibility index (Phi) is 6.99. The molecule has 4 nitrogen and oxygen atoms in total. The average molecular weight is 450 g/mol. The summed E-state index contributed by atoms with van der Waals surface area (Å²) in [6.07, 6.45) is 0.791. The highest BCUT2D eigenvalue weighted by Crippen LogP contribution is 2.19. The van der Waals surface area contributed by atoms with E-state index < -0.39 is 6.04 Å². The first-order valence-electron chi connectivity index (χ1n) is 8.35. The van der Waals surface area contributed by atoms with Crippen molar-refractivity contribution in [3.63, 3.8) is 0 Å². The summed E-state index contributed by atoms with van der Waals surface area (Å²) in [5.74, 6) is -0.403. The SMILES string of the molecule is CCC(C)C(NC(=O)c1ccccc1)C(=O)Nc1ccc(I)cc1C. The Labute approximate surface area is 162 Å². The molecule has 2 N–H and O–H groups in total. The zero-order chi connectivity index (χ0) is 18.4. The van der Waals surface area contributed by atoms with Gasteiger partial charge in [0.15, 0.2) is 0 Å². The molecular formula is C20H23IN2O2. The zero-order valence-corrected chi connectivity index (χ0v) is 16.8. The fourth-order valence-corrected chi connectivity index (χ4v) is 3.14. The van der Waals surface area contributed by atoms with Crippen LogP contribution in [0.4, 0.5) is 5.69 Å². The van der Waals surface area contributed by atoms with Crippen molar-refractivity contribution >= 4 is 40.1 Å². The van der Waals surface area contributed by atoms with E-state index in [1.807, 2.05) is 57.2 Å². The second kappa shape index (κ2) is 8.99. The van der Waals surface area contributed by atoms with Crippen LogP contribution in [0.1, 0.15) is 36.2 Å². The van der Waals surface area contributed by atoms with Crippen molar-refractivity contribution in [2.45, 2.75) is 33.2 Å². The van der Waals surface area contributed by atoms with Gasteiger partial charge in [-0.25, -0.2) is 0 Å². The van der Waals surface area contributed by atoms with E-state index in [-0.39, 0.29) is 17.7 Å². The minimum absolute atomic E-state index is 0.0248. The van der Waals surface area contributed by atoms with Gasteiger partial charge in [-0.2, -0.15) is 0 Å². The van der Waals surface area contributed by atoms with Crippen LogP contribution in [0.25, 0.3) is 0 Å². The summed E-state index contributed by atoms with van der Waals surface area (Å²) in [6.45, 7) is 5.94. The lowest BCUT2D eigenvalue weighted by molar-refractivity contribution is -0.119. The Morgan fingerprint density at radius 3 is 2.40 bits per heavy atom. The molecule has 0 bridgehead atoms. The summed E-state index contributed by atoms with van der Waals surface area (Å²) in [7, 11) is 0. The predicted molar refractivity (Wildman–Crippen MR) is 110 cm³/mol. The average Bonchev–Trinajstić information content (AvgIpc) is 2.61. The van der Waals surface area contributed by atoms with Crippen LogP contribution in [0.3, 0.4) is 0 Å². The van der Waals surface area contributed by atoms with Crippen molar-refractivity contribution in [1.29, 1.82) is 0 Å². The van der Waals surface area contributed by atoms with Crippen LogP contribution < -0.4 is 10.6 Å². The highest BCUT2D eigenvalue weighted by Gasteiger charge is 2.26. The smallest absolute Gasteiger partial charge is 0.251 e. The van der Waals surface area contributed by atoms with Crippen molar-refractivity contribution < 1.29 is 9.59 Å². The highest BCUT2D eigenvalue weighted by atomic mass is 127. The molecule has 0 saturated carbocycles. The molecule has 0 aliphatic heterocycles. The third-order valence-corrected chi connectivity index (χ3v) is 4.94. The fraction of sp³-hybridized carbons (Fsp3) is 0.300. The fourth-order valence-electron chi connectivity index (χ4n) is 2.49. The van der Waals surface area contributed by atoms with E-state index in [2.05, 4.69) is 33.2 Å². The summed E-state index contributed by atoms with van der Waals surface area (Å²) in [5, 5.41) is 5.83. The van der Waals surface area contributed by atoms with Crippen LogP contribution in [0.5, 0.6) is 0 Å². The maximum atomic E-state index is 12.8. The Morgan fingerprint density at radius 1 is 1.12 bits per heavy atom. The van der Waals surface area contributed by atoms with Crippen molar-refractivity contribution in [3.8, 4) is 0 Å². The number of nitrogens with one attached hydrogen (secondary N) is 2. The van der Waals surface area contributed by atoms with Gasteiger partial charge in [0.2, 0.25) is 5.91 Å². The lowest BCUT2D eigenvalue weighted by Crippen LogP contribution is -2.47. The number of aryl methyl sites for hydroxylation is 1. The van der Waals surface area contributed by atoms with Gasteiger partial charge in [-0.3, -0.25) is 9.59 Å². The molecule has 0 heterocycles. The van der Waals surface area contributed by atoms with E-state index in [1.165, 1.54) is 0 Å². The molecule has 25 heavy (non-hydrogen) atoms. The third-order valence-electron chi connectivity index (χ3n) is 4.26. The van der Waals surface area contributed by atoms with Crippen molar-refractivity contribution in [2.24, 2.45) is 5.92 Å². The molecular weight excluding hydrogens is 427 g/mol. The van der Waals surface area contributed by atoms with E-state index in [9.17, 15) is 9.59 Å². The second-order valence-electron chi connectivity index (χ2n) is 6.15. The molecule has 2 rings (SSSR count). The number of hydrogen-bond donors (Lipinski definition) is 2. The molecule has 0 spiro atoms. The molecule has 132 valence electrons. The van der Waals surface area contributed by atoms with E-state index in [1.54, 1.807) is 12.1 Å². The summed E-state index contributed by atoms with van der Waals surface area (Å²) >= 11 is 2.24. The molecule has 0 aliphatic rings. The Balaban J connectivity index is 2.16. The maximum absolute atomic E-state index is 12.8. The zero-order valence-electron chi connectivity index (χ0n) is 14.7. The summed E-state index contributed by atoms with van der Waals surface area (Å²) < 4.78 is 1.11. The Bertz CT molecular complexity index is 747. The van der Waals surface area contributed by atoms with Crippen molar-refractivity contribution in [1.82, 2.24) is 5.32 Å². The molecule has 2 aromatic carbocycles. The predicted octanol–water partition coefficient (Wildman–Crippen LogP) is 4.38. The van der Waals surface area contributed by atoms with Gasteiger partial charge in [0.1, 0.15) is 6.04 Å². The van der Waals surface area contributed by atoms with E-state index in [0.717, 1.165) is 21.2 Å². The van der Waals surface area contributed by atoms with Gasteiger partial charge >= 0.3 is 0 Å². The second-order valence-corrected chi connectivity index (χ2v) is 7.40. The van der Waals surface area contributed by atoms with Gasteiger partial charge in [-0.15, -0.1) is 0 Å². The molecule has 2 unspecified atom stereocenters. The van der Waals surface area contributed by atoms with Crippen molar-refractivity contribution in [3.05, 3.63) is 63.2 Å². The first-order valence-corrected chi connectivity index (χ1v) is 9.43. The van der Waals surface area contributed by atoms with E-state index >= 15 is 0 Å². The lowest BCUT2D eigenvalue weighted by Gasteiger charge is -2.24. The largest absolute Gasteiger partial charge is 0.340 e. The third kappa shape index (κ3) is 5.29. The number of anilines is 1. The maximum Gasteiger partial charge on any atom is 0.251 e. The number of carbonyl (C=O) groups excluding carboxylic acids is 2. The number of carbonyl (C=O) groups is 2. The molecule has 2 atom stereocenters. The molecule has 0 aliphatic carbocycles. The number of halogens is 1. The van der Waals surface area contributed by atoms with Gasteiger partial charge in [-0.1, -0.05) is 38.5 Å². The topological polar surface area (TPSA) is 58.2 Å². The summed E-state index contributed by atoms with van der Waals surface area (Å²) in [4.78, 5) is 25.2. The first-order chi connectivity index (χ1) is 11.9. The standard InChI is InChI=1S/C20H23IN2O2/c1-4-13(2)18(23-19(24)15-8-6-5-7-9-15)20(25)22-17-11-10-16(21)12-14(17)3/h5-13,18H,4H2,1-3H3,(H,22,25)(H,23,24). The molecule has 0 fully saturated rings. The van der Waals surface area contributed by atoms with Crippen LogP contribution in [-0.4, -0.2) is 17.9 Å². The first kappa shape index (κ1) is 19.4. The van der Waals surface area contributed by atoms with Crippen LogP contribution in [0, 0.1) is 16.4 Å². The van der Waals surface area contributed by atoms with Gasteiger partial charge in [0, 0.05) is 14.8 Å². The normalized spacial score (nSPS) is 13.0. The number of benzene rings is 2. The molecule has 2 amide bonds. The van der Waals surface area contributed by atoms with Crippen LogP contribution in [0.15, 0.2) is 48.5 Å². The Hall–Kier alpha value is -1.89. The molecule has 5 heteroatoms. The summed E-state index contributed by atoms with van der Waals surface area (Å²) in [6, 6.07) is 14.2. The molecule has 0 aromatic heterocycles. The molecule has 0 saturated heterocycles. The van der Waals surface area contributed by atoms with E-state index in [0.29, 0.717) is 5.56 Å². The van der Waals surface area contributed by atoms with Gasteiger partial charge in [-0.05, 0) is 71.3 Å². The van der Waals surface area contributed by atoms with Gasteiger partial charge in [0.25, 0.3) is 5.91 Å². The number of hydrogen-bond acceptors (Lipinski definition) is 2. The highest BCUT2D eigenvalue weighted by molar-refractivity contribution is 14.1. The monoisotopic (exact) mass is 450 g/mol. The number of amides is 2. The lowest BCUT2D eigenvalue weighted by atomic mass is 9.97. The summed E-state index contributed by atoms with van der Waals surface area (Å²) in [5.41, 5.74) is 2.32. The molecule has 2 aromatic rings. The van der Waals surface area contributed by atoms with Crippen LogP contribution in [0.2, 0.25) is 0 Å². The Morgan fingerprint density at radius 2 is 1.80 bits per heavy atom. The van der Waals surface area contributed by atoms with Crippen LogP contribution in [-0.2, 0) is 4.79 Å². The van der Waals surface area contributed by atoms with Crippen LogP contribution >= 0.6 is 22.6 Å². The minimum atomic E-state index is -0.587. The van der Waals surface area contributed by atoms with Gasteiger partial charge in [0.05, 0.1) is 0 Å². The number of rotatable bonds is 6. The van der Waals surface area contributed by atoms with Crippen molar-refractivity contribution in [2.75, 3.05) is 5.32 Å². The minimum Gasteiger partial charge on any atom is -0.340 e. The van der Waals surface area contributed by atoms with E-state index in [4.69, 9.17) is 0 Å². The van der Waals surface area contributed by atoms with Gasteiger partial charge < -0.3 is 10.6 Å². The molecule has 0 radical (unpaired) electrons.